The van der Waals surface area contributed by atoms with Gasteiger partial charge in [-0.15, -0.1) is 0 Å². The van der Waals surface area contributed by atoms with E-state index in [9.17, 15) is 0 Å². The van der Waals surface area contributed by atoms with Crippen molar-refractivity contribution in [3.05, 3.63) is 29.3 Å². The van der Waals surface area contributed by atoms with Gasteiger partial charge < -0.3 is 10.5 Å². The molecule has 16 heavy (non-hydrogen) atoms. The van der Waals surface area contributed by atoms with Crippen LogP contribution in [0.2, 0.25) is 0 Å². The molecule has 1 aliphatic rings. The molecule has 0 saturated heterocycles. The summed E-state index contributed by atoms with van der Waals surface area (Å²) in [5.41, 5.74) is 8.79. The number of rotatable bonds is 4. The molecule has 1 aliphatic carbocycles. The van der Waals surface area contributed by atoms with Crippen LogP contribution in [0.25, 0.3) is 0 Å². The lowest BCUT2D eigenvalue weighted by Gasteiger charge is -2.41. The molecule has 0 spiro atoms. The lowest BCUT2D eigenvalue weighted by atomic mass is 9.64. The molecule has 1 saturated carbocycles. The summed E-state index contributed by atoms with van der Waals surface area (Å²) in [6.45, 7) is 5.61. The van der Waals surface area contributed by atoms with Crippen molar-refractivity contribution in [3.63, 3.8) is 0 Å². The summed E-state index contributed by atoms with van der Waals surface area (Å²) in [4.78, 5) is 0. The summed E-state index contributed by atoms with van der Waals surface area (Å²) in [7, 11) is 0. The van der Waals surface area contributed by atoms with Crippen molar-refractivity contribution >= 4 is 0 Å². The van der Waals surface area contributed by atoms with Crippen LogP contribution in [0.15, 0.2) is 18.2 Å². The molecule has 0 aliphatic heterocycles. The minimum Gasteiger partial charge on any atom is -0.494 e. The van der Waals surface area contributed by atoms with Crippen LogP contribution in [0, 0.1) is 6.92 Å². The topological polar surface area (TPSA) is 35.2 Å². The van der Waals surface area contributed by atoms with Gasteiger partial charge in [-0.1, -0.05) is 18.6 Å². The third-order valence-electron chi connectivity index (χ3n) is 3.79. The molecule has 0 aromatic heterocycles. The van der Waals surface area contributed by atoms with E-state index in [1.165, 1.54) is 30.4 Å². The van der Waals surface area contributed by atoms with Crippen molar-refractivity contribution in [1.29, 1.82) is 0 Å². The Morgan fingerprint density at radius 3 is 2.56 bits per heavy atom. The third-order valence-corrected chi connectivity index (χ3v) is 3.79. The van der Waals surface area contributed by atoms with Crippen molar-refractivity contribution in [2.24, 2.45) is 5.73 Å². The molecular weight excluding hydrogens is 198 g/mol. The maximum Gasteiger partial charge on any atom is 0.122 e. The van der Waals surface area contributed by atoms with Gasteiger partial charge in [-0.2, -0.15) is 0 Å². The Labute approximate surface area is 97.8 Å². The normalized spacial score (nSPS) is 17.9. The van der Waals surface area contributed by atoms with Crippen molar-refractivity contribution in [1.82, 2.24) is 0 Å². The molecule has 0 radical (unpaired) electrons. The highest BCUT2D eigenvalue weighted by Crippen LogP contribution is 2.43. The van der Waals surface area contributed by atoms with E-state index in [0.29, 0.717) is 0 Å². The van der Waals surface area contributed by atoms with Crippen LogP contribution in [0.5, 0.6) is 5.75 Å². The van der Waals surface area contributed by atoms with E-state index in [1.54, 1.807) is 0 Å². The third kappa shape index (κ3) is 1.82. The summed E-state index contributed by atoms with van der Waals surface area (Å²) < 4.78 is 5.56. The average molecular weight is 219 g/mol. The van der Waals surface area contributed by atoms with E-state index in [2.05, 4.69) is 25.1 Å². The number of aryl methyl sites for hydroxylation is 1. The van der Waals surface area contributed by atoms with Gasteiger partial charge in [0.2, 0.25) is 0 Å². The minimum atomic E-state index is 0.259. The number of ether oxygens (including phenoxy) is 1. The van der Waals surface area contributed by atoms with Crippen molar-refractivity contribution in [2.45, 2.75) is 38.5 Å². The molecule has 2 heteroatoms. The predicted octanol–water partition coefficient (Wildman–Crippen LogP) is 2.77. The van der Waals surface area contributed by atoms with Crippen LogP contribution in [0.1, 0.15) is 37.3 Å². The SMILES string of the molecule is CCOc1ccc(C2(CN)CCC2)cc1C. The first-order valence-corrected chi connectivity index (χ1v) is 6.16. The summed E-state index contributed by atoms with van der Waals surface area (Å²) >= 11 is 0. The fraction of sp³-hybridized carbons (Fsp3) is 0.571. The summed E-state index contributed by atoms with van der Waals surface area (Å²) in [6, 6.07) is 6.52. The molecule has 0 heterocycles. The Hall–Kier alpha value is -1.02. The molecule has 1 aromatic carbocycles. The predicted molar refractivity (Wildman–Crippen MR) is 66.9 cm³/mol. The van der Waals surface area contributed by atoms with Gasteiger partial charge in [-0.05, 0) is 43.9 Å². The Bertz CT molecular complexity index is 363. The zero-order valence-corrected chi connectivity index (χ0v) is 10.3. The minimum absolute atomic E-state index is 0.259. The van der Waals surface area contributed by atoms with Crippen LogP contribution in [-0.4, -0.2) is 13.2 Å². The highest BCUT2D eigenvalue weighted by Gasteiger charge is 2.37. The average Bonchev–Trinajstić information content (AvgIpc) is 2.21. The maximum atomic E-state index is 5.92. The zero-order chi connectivity index (χ0) is 11.6. The molecule has 1 fully saturated rings. The monoisotopic (exact) mass is 219 g/mol. The van der Waals surface area contributed by atoms with Gasteiger partial charge in [-0.3, -0.25) is 0 Å². The molecule has 88 valence electrons. The van der Waals surface area contributed by atoms with Gasteiger partial charge in [0.1, 0.15) is 5.75 Å². The van der Waals surface area contributed by atoms with Crippen LogP contribution in [-0.2, 0) is 5.41 Å². The molecule has 1 aromatic rings. The molecule has 2 nitrogen and oxygen atoms in total. The summed E-state index contributed by atoms with van der Waals surface area (Å²) in [5.74, 6) is 0.998. The van der Waals surface area contributed by atoms with E-state index in [0.717, 1.165) is 18.9 Å². The largest absolute Gasteiger partial charge is 0.494 e. The van der Waals surface area contributed by atoms with Gasteiger partial charge in [-0.25, -0.2) is 0 Å². The second-order valence-corrected chi connectivity index (χ2v) is 4.75. The Morgan fingerprint density at radius 1 is 1.38 bits per heavy atom. The van der Waals surface area contributed by atoms with Crippen LogP contribution in [0.3, 0.4) is 0 Å². The highest BCUT2D eigenvalue weighted by atomic mass is 16.5. The van der Waals surface area contributed by atoms with Gasteiger partial charge >= 0.3 is 0 Å². The van der Waals surface area contributed by atoms with Crippen LogP contribution >= 0.6 is 0 Å². The Kier molecular flexibility index (Phi) is 3.20. The Balaban J connectivity index is 2.26. The lowest BCUT2D eigenvalue weighted by molar-refractivity contribution is 0.252. The Morgan fingerprint density at radius 2 is 2.12 bits per heavy atom. The van der Waals surface area contributed by atoms with Gasteiger partial charge in [0, 0.05) is 12.0 Å². The lowest BCUT2D eigenvalue weighted by Crippen LogP contribution is -2.41. The van der Waals surface area contributed by atoms with Crippen molar-refractivity contribution < 1.29 is 4.74 Å². The van der Waals surface area contributed by atoms with E-state index >= 15 is 0 Å². The molecule has 2 N–H and O–H groups in total. The van der Waals surface area contributed by atoms with Crippen molar-refractivity contribution in [2.75, 3.05) is 13.2 Å². The second kappa shape index (κ2) is 4.46. The smallest absolute Gasteiger partial charge is 0.122 e. The van der Waals surface area contributed by atoms with Gasteiger partial charge in [0.25, 0.3) is 0 Å². The zero-order valence-electron chi connectivity index (χ0n) is 10.3. The number of hydrogen-bond acceptors (Lipinski definition) is 2. The fourth-order valence-corrected chi connectivity index (χ4v) is 2.51. The molecule has 0 bridgehead atoms. The first-order valence-electron chi connectivity index (χ1n) is 6.16. The fourth-order valence-electron chi connectivity index (χ4n) is 2.51. The first-order chi connectivity index (χ1) is 7.72. The van der Waals surface area contributed by atoms with Crippen molar-refractivity contribution in [3.8, 4) is 5.75 Å². The van der Waals surface area contributed by atoms with E-state index in [1.807, 2.05) is 6.92 Å². The number of nitrogens with two attached hydrogens (primary N) is 1. The molecule has 0 amide bonds. The van der Waals surface area contributed by atoms with E-state index < -0.39 is 0 Å². The number of hydrogen-bond donors (Lipinski definition) is 1. The molecular formula is C14H21NO. The molecule has 0 unspecified atom stereocenters. The molecule has 2 rings (SSSR count). The highest BCUT2D eigenvalue weighted by molar-refractivity contribution is 5.40. The van der Waals surface area contributed by atoms with Gasteiger partial charge in [0.15, 0.2) is 0 Å². The van der Waals surface area contributed by atoms with E-state index in [4.69, 9.17) is 10.5 Å². The second-order valence-electron chi connectivity index (χ2n) is 4.75. The number of benzene rings is 1. The summed E-state index contributed by atoms with van der Waals surface area (Å²) in [5, 5.41) is 0. The van der Waals surface area contributed by atoms with Crippen LogP contribution < -0.4 is 10.5 Å². The first kappa shape index (κ1) is 11.5. The maximum absolute atomic E-state index is 5.92. The quantitative estimate of drug-likeness (QED) is 0.845. The van der Waals surface area contributed by atoms with Gasteiger partial charge in [0.05, 0.1) is 6.61 Å². The van der Waals surface area contributed by atoms with E-state index in [-0.39, 0.29) is 5.41 Å². The van der Waals surface area contributed by atoms with Crippen LogP contribution in [0.4, 0.5) is 0 Å². The standard InChI is InChI=1S/C14H21NO/c1-3-16-13-6-5-12(9-11(13)2)14(10-15)7-4-8-14/h5-6,9H,3-4,7-8,10,15H2,1-2H3. The molecule has 0 atom stereocenters. The summed E-state index contributed by atoms with van der Waals surface area (Å²) in [6.07, 6.45) is 3.78.